The van der Waals surface area contributed by atoms with Gasteiger partial charge in [0.05, 0.1) is 6.54 Å². The Morgan fingerprint density at radius 2 is 1.93 bits per heavy atom. The molecule has 3 rings (SSSR count). The molecule has 0 aromatic heterocycles. The van der Waals surface area contributed by atoms with E-state index in [4.69, 9.17) is 0 Å². The molecule has 2 N–H and O–H groups in total. The smallest absolute Gasteiger partial charge is 0.326 e. The summed E-state index contributed by atoms with van der Waals surface area (Å²) >= 11 is 0. The molecule has 5 heteroatoms. The van der Waals surface area contributed by atoms with Crippen LogP contribution in [0.2, 0.25) is 0 Å². The van der Waals surface area contributed by atoms with E-state index in [1.165, 1.54) is 16.7 Å². The molecule has 0 saturated carbocycles. The maximum atomic E-state index is 12.6. The number of carboxylic acid groups (broad SMARTS) is 1. The van der Waals surface area contributed by atoms with Gasteiger partial charge in [0.15, 0.2) is 0 Å². The second kappa shape index (κ2) is 8.25. The first-order chi connectivity index (χ1) is 12.9. The summed E-state index contributed by atoms with van der Waals surface area (Å²) in [6.45, 7) is 5.14. The van der Waals surface area contributed by atoms with Crippen LogP contribution in [0.3, 0.4) is 0 Å². The predicted octanol–water partition coefficient (Wildman–Crippen LogP) is 2.87. The number of rotatable bonds is 6. The van der Waals surface area contributed by atoms with Crippen LogP contribution in [0.4, 0.5) is 5.69 Å². The van der Waals surface area contributed by atoms with Gasteiger partial charge >= 0.3 is 5.97 Å². The first-order valence-corrected chi connectivity index (χ1v) is 9.35. The van der Waals surface area contributed by atoms with Gasteiger partial charge in [0.25, 0.3) is 0 Å². The summed E-state index contributed by atoms with van der Waals surface area (Å²) in [6.07, 6.45) is 2.29. The van der Waals surface area contributed by atoms with Gasteiger partial charge in [0, 0.05) is 18.7 Å². The summed E-state index contributed by atoms with van der Waals surface area (Å²) in [5.74, 6) is -1.27. The van der Waals surface area contributed by atoms with Gasteiger partial charge in [-0.25, -0.2) is 4.79 Å². The summed E-state index contributed by atoms with van der Waals surface area (Å²) in [4.78, 5) is 26.2. The number of carbonyl (C=O) groups excluding carboxylic acids is 1. The predicted molar refractivity (Wildman–Crippen MR) is 106 cm³/mol. The van der Waals surface area contributed by atoms with Gasteiger partial charge in [0.2, 0.25) is 5.91 Å². The Morgan fingerprint density at radius 1 is 1.19 bits per heavy atom. The Hall–Kier alpha value is -2.82. The number of fused-ring (bicyclic) bond motifs is 1. The van der Waals surface area contributed by atoms with E-state index >= 15 is 0 Å². The molecule has 27 heavy (non-hydrogen) atoms. The third kappa shape index (κ3) is 4.67. The molecule has 1 amide bonds. The summed E-state index contributed by atoms with van der Waals surface area (Å²) in [7, 11) is 0. The number of aliphatic carboxylic acids is 1. The number of carboxylic acids is 1. The first kappa shape index (κ1) is 19.0. The van der Waals surface area contributed by atoms with E-state index in [0.717, 1.165) is 30.6 Å². The van der Waals surface area contributed by atoms with Crippen LogP contribution in [-0.4, -0.2) is 36.1 Å². The van der Waals surface area contributed by atoms with Crippen LogP contribution in [-0.2, 0) is 22.4 Å². The number of nitrogens with zero attached hydrogens (tertiary/aromatic N) is 1. The van der Waals surface area contributed by atoms with E-state index in [-0.39, 0.29) is 18.9 Å². The lowest BCUT2D eigenvalue weighted by molar-refractivity contribution is -0.141. The quantitative estimate of drug-likeness (QED) is 0.825. The first-order valence-electron chi connectivity index (χ1n) is 9.35. The Bertz CT molecular complexity index is 833. The van der Waals surface area contributed by atoms with Crippen LogP contribution < -0.4 is 10.2 Å². The number of hydrogen-bond donors (Lipinski definition) is 2. The maximum Gasteiger partial charge on any atom is 0.326 e. The number of carbonyl (C=O) groups is 2. The highest BCUT2D eigenvalue weighted by molar-refractivity contribution is 5.87. The minimum atomic E-state index is -1.02. The molecular weight excluding hydrogens is 340 g/mol. The van der Waals surface area contributed by atoms with E-state index in [9.17, 15) is 14.7 Å². The summed E-state index contributed by atoms with van der Waals surface area (Å²) < 4.78 is 0. The number of anilines is 1. The van der Waals surface area contributed by atoms with Gasteiger partial charge in [-0.2, -0.15) is 0 Å². The van der Waals surface area contributed by atoms with Crippen LogP contribution in [0, 0.1) is 13.8 Å². The lowest BCUT2D eigenvalue weighted by Gasteiger charge is -2.32. The fourth-order valence-corrected chi connectivity index (χ4v) is 3.78. The molecule has 5 nitrogen and oxygen atoms in total. The van der Waals surface area contributed by atoms with Crippen molar-refractivity contribution in [3.8, 4) is 0 Å². The Balaban J connectivity index is 1.69. The van der Waals surface area contributed by atoms with Crippen molar-refractivity contribution in [3.63, 3.8) is 0 Å². The van der Waals surface area contributed by atoms with Crippen molar-refractivity contribution < 1.29 is 14.7 Å². The molecule has 0 bridgehead atoms. The van der Waals surface area contributed by atoms with Crippen molar-refractivity contribution in [2.45, 2.75) is 39.2 Å². The molecule has 1 aliphatic heterocycles. The third-order valence-electron chi connectivity index (χ3n) is 5.04. The van der Waals surface area contributed by atoms with Crippen molar-refractivity contribution in [1.82, 2.24) is 5.32 Å². The highest BCUT2D eigenvalue weighted by Gasteiger charge is 2.24. The van der Waals surface area contributed by atoms with E-state index in [2.05, 4.69) is 36.2 Å². The zero-order valence-corrected chi connectivity index (χ0v) is 15.9. The molecule has 2 aromatic carbocycles. The Morgan fingerprint density at radius 3 is 2.63 bits per heavy atom. The van der Waals surface area contributed by atoms with Gasteiger partial charge in [-0.05, 0) is 55.0 Å². The van der Waals surface area contributed by atoms with Gasteiger partial charge in [-0.15, -0.1) is 0 Å². The van der Waals surface area contributed by atoms with Crippen LogP contribution in [0.5, 0.6) is 0 Å². The van der Waals surface area contributed by atoms with Gasteiger partial charge < -0.3 is 15.3 Å². The van der Waals surface area contributed by atoms with Crippen molar-refractivity contribution >= 4 is 17.6 Å². The summed E-state index contributed by atoms with van der Waals surface area (Å²) in [6, 6.07) is 12.7. The largest absolute Gasteiger partial charge is 0.480 e. The zero-order valence-electron chi connectivity index (χ0n) is 15.9. The van der Waals surface area contributed by atoms with E-state index in [1.807, 2.05) is 30.3 Å². The third-order valence-corrected chi connectivity index (χ3v) is 5.04. The van der Waals surface area contributed by atoms with E-state index in [1.54, 1.807) is 0 Å². The molecule has 142 valence electrons. The van der Waals surface area contributed by atoms with Crippen LogP contribution in [0.15, 0.2) is 42.5 Å². The van der Waals surface area contributed by atoms with Gasteiger partial charge in [-0.1, -0.05) is 36.4 Å². The lowest BCUT2D eigenvalue weighted by Crippen LogP contribution is -2.47. The van der Waals surface area contributed by atoms with Gasteiger partial charge in [0.1, 0.15) is 6.04 Å². The van der Waals surface area contributed by atoms with Crippen molar-refractivity contribution in [2.24, 2.45) is 0 Å². The molecule has 0 radical (unpaired) electrons. The standard InChI is InChI=1S/C22H26N2O3/c1-15-11-16(2)18-9-6-10-24(20(18)12-15)14-21(25)23-19(22(26)27)13-17-7-4-3-5-8-17/h3-5,7-8,11-12,19H,6,9-10,13-14H2,1-2H3,(H,23,25)(H,26,27)/t19-/m1/s1. The highest BCUT2D eigenvalue weighted by atomic mass is 16.4. The molecule has 0 unspecified atom stereocenters. The molecule has 0 aliphatic carbocycles. The fraction of sp³-hybridized carbons (Fsp3) is 0.364. The number of amides is 1. The lowest BCUT2D eigenvalue weighted by atomic mass is 9.95. The summed E-state index contributed by atoms with van der Waals surface area (Å²) in [5, 5.41) is 12.2. The molecule has 0 spiro atoms. The fourth-order valence-electron chi connectivity index (χ4n) is 3.78. The van der Waals surface area contributed by atoms with Gasteiger partial charge in [-0.3, -0.25) is 4.79 Å². The number of aryl methyl sites for hydroxylation is 2. The SMILES string of the molecule is Cc1cc(C)c2c(c1)N(CC(=O)N[C@H](Cc1ccccc1)C(=O)O)CCC2. The topological polar surface area (TPSA) is 69.6 Å². The van der Waals surface area contributed by atoms with Crippen molar-refractivity contribution in [2.75, 3.05) is 18.0 Å². The molecule has 1 heterocycles. The number of benzene rings is 2. The molecule has 1 aliphatic rings. The van der Waals surface area contributed by atoms with Crippen molar-refractivity contribution in [3.05, 3.63) is 64.7 Å². The Kier molecular flexibility index (Phi) is 5.79. The Labute approximate surface area is 160 Å². The average molecular weight is 366 g/mol. The minimum absolute atomic E-state index is 0.175. The van der Waals surface area contributed by atoms with Crippen LogP contribution in [0.1, 0.15) is 28.7 Å². The summed E-state index contributed by atoms with van der Waals surface area (Å²) in [5.41, 5.74) is 5.70. The minimum Gasteiger partial charge on any atom is -0.480 e. The maximum absolute atomic E-state index is 12.6. The second-order valence-corrected chi connectivity index (χ2v) is 7.25. The average Bonchev–Trinajstić information content (AvgIpc) is 2.62. The molecule has 2 aromatic rings. The van der Waals surface area contributed by atoms with Crippen LogP contribution >= 0.6 is 0 Å². The number of nitrogens with one attached hydrogen (secondary N) is 1. The molecular formula is C22H26N2O3. The monoisotopic (exact) mass is 366 g/mol. The molecule has 0 saturated heterocycles. The van der Waals surface area contributed by atoms with E-state index < -0.39 is 12.0 Å². The highest BCUT2D eigenvalue weighted by Crippen LogP contribution is 2.30. The molecule has 0 fully saturated rings. The molecule has 1 atom stereocenters. The normalized spacial score (nSPS) is 14.4. The number of hydrogen-bond acceptors (Lipinski definition) is 3. The van der Waals surface area contributed by atoms with E-state index in [0.29, 0.717) is 0 Å². The second-order valence-electron chi connectivity index (χ2n) is 7.25. The zero-order chi connectivity index (χ0) is 19.4. The van der Waals surface area contributed by atoms with Crippen LogP contribution in [0.25, 0.3) is 0 Å². The van der Waals surface area contributed by atoms with Crippen molar-refractivity contribution in [1.29, 1.82) is 0 Å².